The van der Waals surface area contributed by atoms with Crippen molar-refractivity contribution >= 4 is 11.9 Å². The van der Waals surface area contributed by atoms with Crippen LogP contribution >= 0.6 is 0 Å². The molecule has 9 heteroatoms. The first-order valence-electron chi connectivity index (χ1n) is 12.5. The number of aromatic nitrogens is 2. The standard InChI is InChI=1S/C26H34FN5O3/c1-4-35-25(33)32-16-26(17-32)8-7-20(14-26)30-9-11-31(12-10-30)24-22(13-19(27)15-28-24)21-5-6-23(34-3)29-18(21)2/h5-6,13,15,20H,4,7-12,14,16-17H2,1-3H3. The minimum absolute atomic E-state index is 0.180. The molecule has 188 valence electrons. The van der Waals surface area contributed by atoms with Crippen LogP contribution in [0.1, 0.15) is 31.9 Å². The van der Waals surface area contributed by atoms with E-state index in [-0.39, 0.29) is 17.3 Å². The zero-order chi connectivity index (χ0) is 24.6. The average molecular weight is 484 g/mol. The summed E-state index contributed by atoms with van der Waals surface area (Å²) in [4.78, 5) is 27.6. The Morgan fingerprint density at radius 2 is 1.97 bits per heavy atom. The number of rotatable bonds is 5. The van der Waals surface area contributed by atoms with Gasteiger partial charge in [-0.05, 0) is 45.2 Å². The van der Waals surface area contributed by atoms with E-state index in [4.69, 9.17) is 9.47 Å². The molecule has 35 heavy (non-hydrogen) atoms. The second kappa shape index (κ2) is 9.60. The van der Waals surface area contributed by atoms with Gasteiger partial charge in [-0.1, -0.05) is 0 Å². The number of anilines is 1. The molecule has 3 aliphatic rings. The highest BCUT2D eigenvalue weighted by atomic mass is 19.1. The summed E-state index contributed by atoms with van der Waals surface area (Å²) in [6.45, 7) is 9.39. The van der Waals surface area contributed by atoms with Crippen LogP contribution in [0, 0.1) is 18.2 Å². The number of carbonyl (C=O) groups is 1. The molecule has 1 atom stereocenters. The van der Waals surface area contributed by atoms with Crippen LogP contribution in [-0.2, 0) is 4.74 Å². The van der Waals surface area contributed by atoms with E-state index in [1.54, 1.807) is 19.2 Å². The van der Waals surface area contributed by atoms with Crippen LogP contribution in [0.3, 0.4) is 0 Å². The topological polar surface area (TPSA) is 71.0 Å². The van der Waals surface area contributed by atoms with Crippen molar-refractivity contribution in [1.82, 2.24) is 19.8 Å². The Bertz CT molecular complexity index is 1080. The number of amides is 1. The molecule has 3 fully saturated rings. The molecule has 1 amide bonds. The van der Waals surface area contributed by atoms with Crippen molar-refractivity contribution in [3.8, 4) is 17.0 Å². The minimum Gasteiger partial charge on any atom is -0.481 e. The molecular weight excluding hydrogens is 449 g/mol. The van der Waals surface area contributed by atoms with Gasteiger partial charge in [-0.25, -0.2) is 19.2 Å². The van der Waals surface area contributed by atoms with Crippen LogP contribution in [0.5, 0.6) is 5.88 Å². The van der Waals surface area contributed by atoms with Gasteiger partial charge >= 0.3 is 6.09 Å². The number of hydrogen-bond donors (Lipinski definition) is 0. The van der Waals surface area contributed by atoms with E-state index in [0.717, 1.165) is 68.3 Å². The Kier molecular flexibility index (Phi) is 6.53. The normalized spacial score (nSPS) is 21.8. The van der Waals surface area contributed by atoms with Crippen molar-refractivity contribution in [3.63, 3.8) is 0 Å². The number of piperazine rings is 1. The summed E-state index contributed by atoms with van der Waals surface area (Å²) in [6.07, 6.45) is 4.60. The maximum Gasteiger partial charge on any atom is 0.409 e. The van der Waals surface area contributed by atoms with E-state index < -0.39 is 0 Å². The number of halogens is 1. The molecule has 1 saturated carbocycles. The summed E-state index contributed by atoms with van der Waals surface area (Å²) >= 11 is 0. The second-order valence-corrected chi connectivity index (χ2v) is 9.99. The Labute approximate surface area is 206 Å². The van der Waals surface area contributed by atoms with Crippen LogP contribution in [-0.4, -0.2) is 84.9 Å². The molecular formula is C26H34FN5O3. The summed E-state index contributed by atoms with van der Waals surface area (Å²) in [5.41, 5.74) is 2.67. The summed E-state index contributed by atoms with van der Waals surface area (Å²) in [5.74, 6) is 0.983. The maximum atomic E-state index is 14.2. The average Bonchev–Trinajstić information content (AvgIpc) is 3.29. The molecule has 1 unspecified atom stereocenters. The first kappa shape index (κ1) is 23.8. The predicted octanol–water partition coefficient (Wildman–Crippen LogP) is 3.73. The lowest BCUT2D eigenvalue weighted by molar-refractivity contribution is -0.00294. The molecule has 8 nitrogen and oxygen atoms in total. The fourth-order valence-corrected chi connectivity index (χ4v) is 6.00. The number of carbonyl (C=O) groups excluding carboxylic acids is 1. The van der Waals surface area contributed by atoms with E-state index in [1.807, 2.05) is 24.8 Å². The van der Waals surface area contributed by atoms with Crippen molar-refractivity contribution in [1.29, 1.82) is 0 Å². The molecule has 2 aromatic rings. The highest BCUT2D eigenvalue weighted by molar-refractivity contribution is 5.77. The maximum absolute atomic E-state index is 14.2. The Hall–Kier alpha value is -2.94. The van der Waals surface area contributed by atoms with Gasteiger partial charge in [-0.3, -0.25) is 4.90 Å². The van der Waals surface area contributed by atoms with Crippen LogP contribution in [0.25, 0.3) is 11.1 Å². The third-order valence-corrected chi connectivity index (χ3v) is 7.78. The number of methoxy groups -OCH3 is 1. The first-order valence-corrected chi connectivity index (χ1v) is 12.5. The van der Waals surface area contributed by atoms with Crippen LogP contribution < -0.4 is 9.64 Å². The molecule has 0 radical (unpaired) electrons. The van der Waals surface area contributed by atoms with Crippen LogP contribution in [0.2, 0.25) is 0 Å². The number of aryl methyl sites for hydroxylation is 1. The van der Waals surface area contributed by atoms with Gasteiger partial charge in [0.1, 0.15) is 11.6 Å². The van der Waals surface area contributed by atoms with Gasteiger partial charge < -0.3 is 19.3 Å². The Morgan fingerprint density at radius 3 is 2.66 bits per heavy atom. The molecule has 1 spiro atoms. The molecule has 2 aromatic heterocycles. The van der Waals surface area contributed by atoms with E-state index in [9.17, 15) is 9.18 Å². The largest absolute Gasteiger partial charge is 0.481 e. The Morgan fingerprint density at radius 1 is 1.20 bits per heavy atom. The summed E-state index contributed by atoms with van der Waals surface area (Å²) < 4.78 is 24.6. The van der Waals surface area contributed by atoms with Crippen LogP contribution in [0.4, 0.5) is 15.0 Å². The SMILES string of the molecule is CCOC(=O)N1CC2(CCC(N3CCN(c4ncc(F)cc4-c4ccc(OC)nc4C)CC3)C2)C1. The van der Waals surface area contributed by atoms with Gasteiger partial charge in [0.15, 0.2) is 0 Å². The van der Waals surface area contributed by atoms with E-state index in [1.165, 1.54) is 19.0 Å². The number of nitrogens with zero attached hydrogens (tertiary/aromatic N) is 5. The van der Waals surface area contributed by atoms with E-state index in [2.05, 4.69) is 19.8 Å². The summed E-state index contributed by atoms with van der Waals surface area (Å²) in [6, 6.07) is 5.83. The molecule has 2 saturated heterocycles. The summed E-state index contributed by atoms with van der Waals surface area (Å²) in [5, 5.41) is 0. The van der Waals surface area contributed by atoms with Gasteiger partial charge in [-0.2, -0.15) is 0 Å². The van der Waals surface area contributed by atoms with Crippen molar-refractivity contribution in [2.75, 3.05) is 57.9 Å². The van der Waals surface area contributed by atoms with Gasteiger partial charge in [0.2, 0.25) is 5.88 Å². The third kappa shape index (κ3) is 4.66. The number of likely N-dealkylation sites (tertiary alicyclic amines) is 1. The smallest absolute Gasteiger partial charge is 0.409 e. The summed E-state index contributed by atoms with van der Waals surface area (Å²) in [7, 11) is 1.59. The van der Waals surface area contributed by atoms with Gasteiger partial charge in [0.25, 0.3) is 0 Å². The monoisotopic (exact) mass is 483 g/mol. The second-order valence-electron chi connectivity index (χ2n) is 9.99. The van der Waals surface area contributed by atoms with E-state index in [0.29, 0.717) is 18.5 Å². The van der Waals surface area contributed by atoms with Gasteiger partial charge in [-0.15, -0.1) is 0 Å². The highest BCUT2D eigenvalue weighted by Crippen LogP contribution is 2.47. The Balaban J connectivity index is 1.23. The van der Waals surface area contributed by atoms with Crippen molar-refractivity contribution in [2.45, 2.75) is 39.2 Å². The lowest BCUT2D eigenvalue weighted by atomic mass is 9.78. The minimum atomic E-state index is -0.355. The third-order valence-electron chi connectivity index (χ3n) is 7.78. The van der Waals surface area contributed by atoms with Crippen molar-refractivity contribution in [2.24, 2.45) is 5.41 Å². The molecule has 1 aliphatic carbocycles. The van der Waals surface area contributed by atoms with Gasteiger partial charge in [0, 0.05) is 73.6 Å². The quantitative estimate of drug-likeness (QED) is 0.642. The highest BCUT2D eigenvalue weighted by Gasteiger charge is 2.51. The fourth-order valence-electron chi connectivity index (χ4n) is 6.00. The lowest BCUT2D eigenvalue weighted by Gasteiger charge is -2.48. The fraction of sp³-hybridized carbons (Fsp3) is 0.577. The zero-order valence-corrected chi connectivity index (χ0v) is 20.8. The predicted molar refractivity (Wildman–Crippen MR) is 131 cm³/mol. The lowest BCUT2D eigenvalue weighted by Crippen LogP contribution is -2.58. The van der Waals surface area contributed by atoms with Gasteiger partial charge in [0.05, 0.1) is 19.9 Å². The number of hydrogen-bond acceptors (Lipinski definition) is 7. The van der Waals surface area contributed by atoms with Crippen LogP contribution in [0.15, 0.2) is 24.4 Å². The van der Waals surface area contributed by atoms with E-state index >= 15 is 0 Å². The van der Waals surface area contributed by atoms with Crippen molar-refractivity contribution in [3.05, 3.63) is 35.9 Å². The molecule has 2 aliphatic heterocycles. The molecule has 0 N–H and O–H groups in total. The molecule has 0 aromatic carbocycles. The van der Waals surface area contributed by atoms with Crippen molar-refractivity contribution < 1.29 is 18.7 Å². The molecule has 5 rings (SSSR count). The molecule has 4 heterocycles. The number of pyridine rings is 2. The molecule has 0 bridgehead atoms. The first-order chi connectivity index (χ1) is 16.9. The number of ether oxygens (including phenoxy) is 2. The zero-order valence-electron chi connectivity index (χ0n) is 20.8.